The minimum Gasteiger partial charge on any atom is -0.383 e. The summed E-state index contributed by atoms with van der Waals surface area (Å²) >= 11 is 0. The Morgan fingerprint density at radius 2 is 2.20 bits per heavy atom. The molecule has 1 N–H and O–H groups in total. The summed E-state index contributed by atoms with van der Waals surface area (Å²) in [6.07, 6.45) is 3.83. The monoisotopic (exact) mass is 278 g/mol. The number of rotatable bonds is 8. The van der Waals surface area contributed by atoms with Gasteiger partial charge in [-0.25, -0.2) is 0 Å². The molecule has 0 heterocycles. The molecule has 110 valence electrons. The minimum absolute atomic E-state index is 0.143. The molecule has 0 saturated heterocycles. The number of ether oxygens (including phenoxy) is 1. The highest BCUT2D eigenvalue weighted by Crippen LogP contribution is 2.27. The third-order valence-corrected chi connectivity index (χ3v) is 2.93. The van der Waals surface area contributed by atoms with Crippen molar-refractivity contribution in [3.8, 4) is 0 Å². The van der Waals surface area contributed by atoms with Gasteiger partial charge in [0.05, 0.1) is 11.5 Å². The minimum atomic E-state index is -0.316. The maximum atomic E-state index is 11.1. The average Bonchev–Trinajstić information content (AvgIpc) is 2.42. The van der Waals surface area contributed by atoms with Gasteiger partial charge < -0.3 is 10.1 Å². The van der Waals surface area contributed by atoms with Crippen molar-refractivity contribution in [2.75, 3.05) is 26.8 Å². The standard InChI is InChI=1S/C15H22N2O3/c1-12(2)14-7-6-13(11-15(14)17(18)19)5-4-8-16-9-10-20-3/h4-7,11-12,16H,8-10H2,1-3H3. The van der Waals surface area contributed by atoms with Crippen molar-refractivity contribution >= 4 is 11.8 Å². The predicted molar refractivity (Wildman–Crippen MR) is 81.0 cm³/mol. The molecule has 0 atom stereocenters. The van der Waals surface area contributed by atoms with Crippen LogP contribution in [-0.4, -0.2) is 31.7 Å². The Labute approximate surface area is 119 Å². The second kappa shape index (κ2) is 8.45. The van der Waals surface area contributed by atoms with Crippen molar-refractivity contribution in [3.63, 3.8) is 0 Å². The van der Waals surface area contributed by atoms with Crippen LogP contribution in [0, 0.1) is 10.1 Å². The summed E-state index contributed by atoms with van der Waals surface area (Å²) < 4.78 is 4.92. The maximum Gasteiger partial charge on any atom is 0.273 e. The first-order valence-corrected chi connectivity index (χ1v) is 6.70. The van der Waals surface area contributed by atoms with Crippen LogP contribution >= 0.6 is 0 Å². The van der Waals surface area contributed by atoms with Gasteiger partial charge in [-0.05, 0) is 11.5 Å². The van der Waals surface area contributed by atoms with Crippen LogP contribution in [0.1, 0.15) is 30.9 Å². The molecule has 0 unspecified atom stereocenters. The Balaban J connectivity index is 2.70. The first kappa shape index (κ1) is 16.3. The van der Waals surface area contributed by atoms with E-state index in [4.69, 9.17) is 4.74 Å². The fraction of sp³-hybridized carbons (Fsp3) is 0.467. The van der Waals surface area contributed by atoms with E-state index in [1.54, 1.807) is 13.2 Å². The Bertz CT molecular complexity index is 470. The quantitative estimate of drug-likeness (QED) is 0.451. The van der Waals surface area contributed by atoms with Crippen molar-refractivity contribution in [1.29, 1.82) is 0 Å². The summed E-state index contributed by atoms with van der Waals surface area (Å²) in [5.41, 5.74) is 1.80. The Kier molecular flexibility index (Phi) is 6.90. The van der Waals surface area contributed by atoms with Gasteiger partial charge in [-0.15, -0.1) is 0 Å². The van der Waals surface area contributed by atoms with Crippen LogP contribution in [0.25, 0.3) is 6.08 Å². The Hall–Kier alpha value is -1.72. The van der Waals surface area contributed by atoms with E-state index in [0.717, 1.165) is 17.7 Å². The average molecular weight is 278 g/mol. The van der Waals surface area contributed by atoms with Crippen molar-refractivity contribution in [2.45, 2.75) is 19.8 Å². The molecule has 20 heavy (non-hydrogen) atoms. The topological polar surface area (TPSA) is 64.4 Å². The molecule has 0 aromatic heterocycles. The van der Waals surface area contributed by atoms with Crippen LogP contribution in [0.4, 0.5) is 5.69 Å². The number of nitrogens with zero attached hydrogens (tertiary/aromatic N) is 1. The van der Waals surface area contributed by atoms with Gasteiger partial charge in [0.1, 0.15) is 0 Å². The van der Waals surface area contributed by atoms with Gasteiger partial charge >= 0.3 is 0 Å². The number of benzene rings is 1. The molecule has 0 aliphatic heterocycles. The molecule has 5 nitrogen and oxygen atoms in total. The van der Waals surface area contributed by atoms with Gasteiger partial charge in [0.25, 0.3) is 5.69 Å². The summed E-state index contributed by atoms with van der Waals surface area (Å²) in [6.45, 7) is 6.08. The normalized spacial score (nSPS) is 11.4. The number of nitro groups is 1. The molecule has 0 saturated carbocycles. The lowest BCUT2D eigenvalue weighted by atomic mass is 9.99. The second-order valence-corrected chi connectivity index (χ2v) is 4.83. The van der Waals surface area contributed by atoms with Gasteiger partial charge in [-0.1, -0.05) is 38.1 Å². The van der Waals surface area contributed by atoms with Gasteiger partial charge in [-0.3, -0.25) is 10.1 Å². The van der Waals surface area contributed by atoms with Gasteiger partial charge in [0.15, 0.2) is 0 Å². The third-order valence-electron chi connectivity index (χ3n) is 2.93. The highest BCUT2D eigenvalue weighted by molar-refractivity contribution is 5.57. The molecule has 1 aromatic rings. The molecule has 0 aliphatic rings. The molecule has 0 spiro atoms. The molecule has 5 heteroatoms. The molecule has 1 aromatic carbocycles. The van der Waals surface area contributed by atoms with Crippen LogP contribution < -0.4 is 5.32 Å². The number of hydrogen-bond donors (Lipinski definition) is 1. The van der Waals surface area contributed by atoms with E-state index in [-0.39, 0.29) is 16.5 Å². The highest BCUT2D eigenvalue weighted by atomic mass is 16.6. The molecule has 0 fully saturated rings. The summed E-state index contributed by atoms with van der Waals surface area (Å²) in [6, 6.07) is 5.37. The fourth-order valence-corrected chi connectivity index (χ4v) is 1.87. The number of hydrogen-bond acceptors (Lipinski definition) is 4. The first-order chi connectivity index (χ1) is 9.56. The van der Waals surface area contributed by atoms with Crippen LogP contribution in [0.3, 0.4) is 0 Å². The van der Waals surface area contributed by atoms with Gasteiger partial charge in [0, 0.05) is 31.8 Å². The van der Waals surface area contributed by atoms with E-state index in [2.05, 4.69) is 5.32 Å². The van der Waals surface area contributed by atoms with E-state index >= 15 is 0 Å². The molecule has 0 amide bonds. The summed E-state index contributed by atoms with van der Waals surface area (Å²) in [7, 11) is 1.66. The number of nitrogens with one attached hydrogen (secondary N) is 1. The summed E-state index contributed by atoms with van der Waals surface area (Å²) in [5, 5.41) is 14.3. The SMILES string of the molecule is COCCNCC=Cc1ccc(C(C)C)c([N+](=O)[O-])c1. The van der Waals surface area contributed by atoms with Crippen molar-refractivity contribution < 1.29 is 9.66 Å². The lowest BCUT2D eigenvalue weighted by molar-refractivity contribution is -0.385. The molecule has 0 radical (unpaired) electrons. The second-order valence-electron chi connectivity index (χ2n) is 4.83. The van der Waals surface area contributed by atoms with Crippen LogP contribution in [0.5, 0.6) is 0 Å². The molecule has 1 rings (SSSR count). The maximum absolute atomic E-state index is 11.1. The van der Waals surface area contributed by atoms with Crippen LogP contribution in [0.15, 0.2) is 24.3 Å². The predicted octanol–water partition coefficient (Wildman–Crippen LogP) is 2.97. The van der Waals surface area contributed by atoms with E-state index in [1.807, 2.05) is 38.1 Å². The van der Waals surface area contributed by atoms with Gasteiger partial charge in [-0.2, -0.15) is 0 Å². The fourth-order valence-electron chi connectivity index (χ4n) is 1.87. The summed E-state index contributed by atoms with van der Waals surface area (Å²) in [5.74, 6) is 0.143. The molecule has 0 bridgehead atoms. The highest BCUT2D eigenvalue weighted by Gasteiger charge is 2.16. The van der Waals surface area contributed by atoms with Crippen molar-refractivity contribution in [3.05, 3.63) is 45.5 Å². The van der Waals surface area contributed by atoms with Gasteiger partial charge in [0.2, 0.25) is 0 Å². The smallest absolute Gasteiger partial charge is 0.273 e. The van der Waals surface area contributed by atoms with Crippen molar-refractivity contribution in [2.24, 2.45) is 0 Å². The van der Waals surface area contributed by atoms with E-state index in [0.29, 0.717) is 13.2 Å². The lowest BCUT2D eigenvalue weighted by Crippen LogP contribution is -2.18. The zero-order valence-electron chi connectivity index (χ0n) is 12.3. The van der Waals surface area contributed by atoms with Crippen LogP contribution in [-0.2, 0) is 4.74 Å². The zero-order chi connectivity index (χ0) is 15.0. The van der Waals surface area contributed by atoms with Crippen LogP contribution in [0.2, 0.25) is 0 Å². The van der Waals surface area contributed by atoms with E-state index in [1.165, 1.54) is 0 Å². The zero-order valence-corrected chi connectivity index (χ0v) is 12.3. The lowest BCUT2D eigenvalue weighted by Gasteiger charge is -2.07. The molecular weight excluding hydrogens is 256 g/mol. The third kappa shape index (κ3) is 5.11. The Morgan fingerprint density at radius 3 is 2.80 bits per heavy atom. The number of methoxy groups -OCH3 is 1. The van der Waals surface area contributed by atoms with E-state index < -0.39 is 0 Å². The largest absolute Gasteiger partial charge is 0.383 e. The first-order valence-electron chi connectivity index (χ1n) is 6.70. The van der Waals surface area contributed by atoms with Crippen molar-refractivity contribution in [1.82, 2.24) is 5.32 Å². The summed E-state index contributed by atoms with van der Waals surface area (Å²) in [4.78, 5) is 10.8. The number of nitro benzene ring substituents is 1. The molecule has 0 aliphatic carbocycles. The molecular formula is C15H22N2O3. The Morgan fingerprint density at radius 1 is 1.45 bits per heavy atom. The van der Waals surface area contributed by atoms with E-state index in [9.17, 15) is 10.1 Å².